The summed E-state index contributed by atoms with van der Waals surface area (Å²) >= 11 is 0. The Balaban J connectivity index is 2.66. The van der Waals surface area contributed by atoms with Crippen LogP contribution in [0.3, 0.4) is 0 Å². The van der Waals surface area contributed by atoms with E-state index in [2.05, 4.69) is 56.1 Å². The Morgan fingerprint density at radius 2 is 2.05 bits per heavy atom. The molecule has 1 aromatic rings. The second kappa shape index (κ2) is 8.92. The fourth-order valence-corrected chi connectivity index (χ4v) is 2.02. The molecule has 0 amide bonds. The fraction of sp³-hybridized carbons (Fsp3) is 0.688. The first kappa shape index (κ1) is 16.0. The summed E-state index contributed by atoms with van der Waals surface area (Å²) in [5.74, 6) is 1.82. The van der Waals surface area contributed by atoms with Crippen molar-refractivity contribution in [1.29, 1.82) is 0 Å². The van der Waals surface area contributed by atoms with Crippen molar-refractivity contribution in [3.05, 3.63) is 23.9 Å². The van der Waals surface area contributed by atoms with Gasteiger partial charge < -0.3 is 10.2 Å². The zero-order valence-electron chi connectivity index (χ0n) is 12.9. The molecule has 1 unspecified atom stereocenters. The van der Waals surface area contributed by atoms with Crippen molar-refractivity contribution in [2.45, 2.75) is 47.1 Å². The molecule has 1 N–H and O–H groups in total. The molecule has 3 nitrogen and oxygen atoms in total. The Morgan fingerprint density at radius 1 is 1.26 bits per heavy atom. The third-order valence-corrected chi connectivity index (χ3v) is 3.46. The van der Waals surface area contributed by atoms with Crippen LogP contribution in [0.5, 0.6) is 0 Å². The summed E-state index contributed by atoms with van der Waals surface area (Å²) in [5.41, 5.74) is 1.13. The monoisotopic (exact) mass is 263 g/mol. The van der Waals surface area contributed by atoms with Gasteiger partial charge in [-0.1, -0.05) is 33.3 Å². The van der Waals surface area contributed by atoms with Crippen LogP contribution in [0.4, 0.5) is 5.82 Å². The van der Waals surface area contributed by atoms with Crippen molar-refractivity contribution in [2.24, 2.45) is 5.92 Å². The van der Waals surface area contributed by atoms with Gasteiger partial charge in [-0.25, -0.2) is 4.98 Å². The Labute approximate surface area is 118 Å². The predicted octanol–water partition coefficient (Wildman–Crippen LogP) is 3.45. The average molecular weight is 263 g/mol. The van der Waals surface area contributed by atoms with Gasteiger partial charge in [0.15, 0.2) is 0 Å². The van der Waals surface area contributed by atoms with Crippen LogP contribution in [0.2, 0.25) is 0 Å². The van der Waals surface area contributed by atoms with E-state index in [1.54, 1.807) is 0 Å². The fourth-order valence-electron chi connectivity index (χ4n) is 2.02. The summed E-state index contributed by atoms with van der Waals surface area (Å²) in [7, 11) is 0. The van der Waals surface area contributed by atoms with Crippen molar-refractivity contribution in [1.82, 2.24) is 10.3 Å². The molecule has 0 saturated carbocycles. The maximum atomic E-state index is 4.77. The molecule has 0 saturated heterocycles. The maximum absolute atomic E-state index is 4.77. The van der Waals surface area contributed by atoms with E-state index in [1.165, 1.54) is 6.42 Å². The molecule has 0 aliphatic rings. The summed E-state index contributed by atoms with van der Waals surface area (Å²) in [4.78, 5) is 7.14. The summed E-state index contributed by atoms with van der Waals surface area (Å²) in [5, 5.41) is 3.41. The summed E-state index contributed by atoms with van der Waals surface area (Å²) in [6, 6.07) is 6.34. The van der Waals surface area contributed by atoms with E-state index in [1.807, 2.05) is 0 Å². The standard InChI is InChI=1S/C16H29N3/c1-5-11-17-12-15-9-8-10-16(18-15)19(7-3)13-14(4)6-2/h8-10,14,17H,5-7,11-13H2,1-4H3. The number of nitrogens with zero attached hydrogens (tertiary/aromatic N) is 2. The highest BCUT2D eigenvalue weighted by molar-refractivity contribution is 5.39. The molecule has 1 rings (SSSR count). The number of rotatable bonds is 9. The minimum Gasteiger partial charge on any atom is -0.357 e. The number of hydrogen-bond donors (Lipinski definition) is 1. The van der Waals surface area contributed by atoms with E-state index >= 15 is 0 Å². The van der Waals surface area contributed by atoms with Crippen molar-refractivity contribution < 1.29 is 0 Å². The normalized spacial score (nSPS) is 12.4. The topological polar surface area (TPSA) is 28.2 Å². The molecule has 19 heavy (non-hydrogen) atoms. The maximum Gasteiger partial charge on any atom is 0.128 e. The van der Waals surface area contributed by atoms with E-state index in [4.69, 9.17) is 4.98 Å². The van der Waals surface area contributed by atoms with E-state index in [-0.39, 0.29) is 0 Å². The van der Waals surface area contributed by atoms with Crippen LogP contribution in [0, 0.1) is 5.92 Å². The van der Waals surface area contributed by atoms with Crippen LogP contribution < -0.4 is 10.2 Å². The molecule has 0 bridgehead atoms. The summed E-state index contributed by atoms with van der Waals surface area (Å²) in [6.07, 6.45) is 2.38. The lowest BCUT2D eigenvalue weighted by atomic mass is 10.1. The van der Waals surface area contributed by atoms with Crippen LogP contribution >= 0.6 is 0 Å². The molecule has 108 valence electrons. The van der Waals surface area contributed by atoms with Gasteiger partial charge in [-0.2, -0.15) is 0 Å². The van der Waals surface area contributed by atoms with Gasteiger partial charge in [0, 0.05) is 19.6 Å². The van der Waals surface area contributed by atoms with Crippen LogP contribution in [0.1, 0.15) is 46.2 Å². The lowest BCUT2D eigenvalue weighted by Crippen LogP contribution is -2.29. The Morgan fingerprint density at radius 3 is 2.68 bits per heavy atom. The van der Waals surface area contributed by atoms with E-state index in [0.29, 0.717) is 5.92 Å². The number of nitrogens with one attached hydrogen (secondary N) is 1. The molecule has 0 fully saturated rings. The third kappa shape index (κ3) is 5.60. The Kier molecular flexibility index (Phi) is 7.49. The number of hydrogen-bond acceptors (Lipinski definition) is 3. The first-order valence-corrected chi connectivity index (χ1v) is 7.62. The van der Waals surface area contributed by atoms with Crippen LogP contribution in [0.15, 0.2) is 18.2 Å². The van der Waals surface area contributed by atoms with Gasteiger partial charge in [0.05, 0.1) is 5.69 Å². The SMILES string of the molecule is CCCNCc1cccc(N(CC)CC(C)CC)n1. The van der Waals surface area contributed by atoms with E-state index in [0.717, 1.165) is 44.1 Å². The summed E-state index contributed by atoms with van der Waals surface area (Å²) < 4.78 is 0. The lowest BCUT2D eigenvalue weighted by molar-refractivity contribution is 0.544. The molecule has 1 heterocycles. The lowest BCUT2D eigenvalue weighted by Gasteiger charge is -2.25. The minimum atomic E-state index is 0.712. The molecule has 0 radical (unpaired) electrons. The van der Waals surface area contributed by atoms with Gasteiger partial charge in [-0.05, 0) is 37.9 Å². The molecule has 0 aliphatic heterocycles. The van der Waals surface area contributed by atoms with Crippen LogP contribution in [-0.4, -0.2) is 24.6 Å². The molecular formula is C16H29N3. The first-order valence-electron chi connectivity index (χ1n) is 7.62. The number of anilines is 1. The van der Waals surface area contributed by atoms with Gasteiger partial charge in [0.25, 0.3) is 0 Å². The van der Waals surface area contributed by atoms with Gasteiger partial charge in [-0.15, -0.1) is 0 Å². The van der Waals surface area contributed by atoms with Crippen molar-refractivity contribution in [3.8, 4) is 0 Å². The highest BCUT2D eigenvalue weighted by Crippen LogP contribution is 2.14. The molecule has 1 atom stereocenters. The predicted molar refractivity (Wildman–Crippen MR) is 83.6 cm³/mol. The second-order valence-electron chi connectivity index (χ2n) is 5.22. The van der Waals surface area contributed by atoms with Crippen molar-refractivity contribution in [3.63, 3.8) is 0 Å². The first-order chi connectivity index (χ1) is 9.21. The Hall–Kier alpha value is -1.09. The smallest absolute Gasteiger partial charge is 0.128 e. The van der Waals surface area contributed by atoms with Crippen molar-refractivity contribution in [2.75, 3.05) is 24.5 Å². The van der Waals surface area contributed by atoms with E-state index in [9.17, 15) is 0 Å². The largest absolute Gasteiger partial charge is 0.357 e. The highest BCUT2D eigenvalue weighted by atomic mass is 15.2. The molecule has 1 aromatic heterocycles. The van der Waals surface area contributed by atoms with Gasteiger partial charge >= 0.3 is 0 Å². The minimum absolute atomic E-state index is 0.712. The third-order valence-electron chi connectivity index (χ3n) is 3.46. The van der Waals surface area contributed by atoms with Crippen LogP contribution in [0.25, 0.3) is 0 Å². The van der Waals surface area contributed by atoms with Crippen molar-refractivity contribution >= 4 is 5.82 Å². The van der Waals surface area contributed by atoms with E-state index < -0.39 is 0 Å². The van der Waals surface area contributed by atoms with Gasteiger partial charge in [0.2, 0.25) is 0 Å². The van der Waals surface area contributed by atoms with Gasteiger partial charge in [0.1, 0.15) is 5.82 Å². The highest BCUT2D eigenvalue weighted by Gasteiger charge is 2.09. The Bertz CT molecular complexity index is 352. The zero-order valence-corrected chi connectivity index (χ0v) is 12.9. The average Bonchev–Trinajstić information content (AvgIpc) is 2.45. The zero-order chi connectivity index (χ0) is 14.1. The van der Waals surface area contributed by atoms with Gasteiger partial charge in [-0.3, -0.25) is 0 Å². The van der Waals surface area contributed by atoms with Crippen LogP contribution in [-0.2, 0) is 6.54 Å². The molecule has 0 spiro atoms. The molecule has 0 aromatic carbocycles. The summed E-state index contributed by atoms with van der Waals surface area (Å²) in [6.45, 7) is 13.0. The second-order valence-corrected chi connectivity index (χ2v) is 5.22. The molecule has 3 heteroatoms. The number of pyridine rings is 1. The quantitative estimate of drug-likeness (QED) is 0.692. The number of aromatic nitrogens is 1. The molecular weight excluding hydrogens is 234 g/mol. The molecule has 0 aliphatic carbocycles.